The monoisotopic (exact) mass is 380 g/mol. The van der Waals surface area contributed by atoms with Gasteiger partial charge in [-0.05, 0) is 67.1 Å². The van der Waals surface area contributed by atoms with Crippen LogP contribution in [0.1, 0.15) is 42.1 Å². The average Bonchev–Trinajstić information content (AvgIpc) is 3.05. The minimum atomic E-state index is 0. The molecule has 0 radical (unpaired) electrons. The number of aryl methyl sites for hydroxylation is 1. The molecule has 1 spiro atoms. The van der Waals surface area contributed by atoms with E-state index in [1.807, 2.05) is 17.8 Å². The van der Waals surface area contributed by atoms with Gasteiger partial charge in [-0.1, -0.05) is 0 Å². The molecule has 4 rings (SSSR count). The quantitative estimate of drug-likeness (QED) is 0.866. The standard InChI is InChI=1S/C18H24N4OS.ClH/c1-2-21-12-15(10-20-21)17(23)22(11-14-3-8-24-13-14)16-9-18(16)4-6-19-7-5-18;/h3,8,10,12-13,16,19H,2,4-7,9,11H2,1H3;1H. The van der Waals surface area contributed by atoms with E-state index >= 15 is 0 Å². The maximum atomic E-state index is 13.2. The van der Waals surface area contributed by atoms with E-state index in [0.29, 0.717) is 23.6 Å². The van der Waals surface area contributed by atoms with Crippen molar-refractivity contribution in [2.75, 3.05) is 13.1 Å². The molecule has 1 unspecified atom stereocenters. The van der Waals surface area contributed by atoms with Crippen molar-refractivity contribution in [2.45, 2.75) is 45.3 Å². The number of hydrogen-bond donors (Lipinski definition) is 1. The SMILES string of the molecule is CCn1cc(C(=O)N(Cc2ccsc2)C2CC23CCNCC3)cn1.Cl. The van der Waals surface area contributed by atoms with Crippen LogP contribution in [-0.2, 0) is 13.1 Å². The predicted molar refractivity (Wildman–Crippen MR) is 102 cm³/mol. The third-order valence-electron chi connectivity index (χ3n) is 5.52. The summed E-state index contributed by atoms with van der Waals surface area (Å²) in [4.78, 5) is 15.3. The van der Waals surface area contributed by atoms with Crippen LogP contribution in [0.3, 0.4) is 0 Å². The largest absolute Gasteiger partial charge is 0.331 e. The van der Waals surface area contributed by atoms with Gasteiger partial charge in [0, 0.05) is 25.3 Å². The lowest BCUT2D eigenvalue weighted by atomic mass is 9.93. The van der Waals surface area contributed by atoms with Gasteiger partial charge in [0.1, 0.15) is 0 Å². The van der Waals surface area contributed by atoms with Gasteiger partial charge < -0.3 is 10.2 Å². The lowest BCUT2D eigenvalue weighted by Gasteiger charge is -2.29. The molecule has 2 fully saturated rings. The molecule has 3 heterocycles. The highest BCUT2D eigenvalue weighted by atomic mass is 35.5. The van der Waals surface area contributed by atoms with Crippen molar-refractivity contribution >= 4 is 29.7 Å². The molecule has 2 aromatic heterocycles. The first kappa shape index (κ1) is 18.4. The normalized spacial score (nSPS) is 20.9. The highest BCUT2D eigenvalue weighted by Gasteiger charge is 2.57. The highest BCUT2D eigenvalue weighted by Crippen LogP contribution is 2.56. The number of aromatic nitrogens is 2. The number of rotatable bonds is 5. The van der Waals surface area contributed by atoms with Gasteiger partial charge in [0.25, 0.3) is 5.91 Å². The van der Waals surface area contributed by atoms with Crippen LogP contribution in [0.15, 0.2) is 29.2 Å². The van der Waals surface area contributed by atoms with Crippen molar-refractivity contribution in [1.29, 1.82) is 0 Å². The van der Waals surface area contributed by atoms with E-state index in [2.05, 4.69) is 32.1 Å². The molecule has 2 aliphatic rings. The van der Waals surface area contributed by atoms with E-state index in [1.54, 1.807) is 17.5 Å². The maximum Gasteiger partial charge on any atom is 0.257 e. The number of carbonyl (C=O) groups is 1. The van der Waals surface area contributed by atoms with Crippen LogP contribution in [-0.4, -0.2) is 39.7 Å². The third-order valence-corrected chi connectivity index (χ3v) is 6.25. The van der Waals surface area contributed by atoms with E-state index in [0.717, 1.165) is 26.1 Å². The summed E-state index contributed by atoms with van der Waals surface area (Å²) < 4.78 is 1.82. The van der Waals surface area contributed by atoms with Crippen LogP contribution in [0.25, 0.3) is 0 Å². The average molecular weight is 381 g/mol. The van der Waals surface area contributed by atoms with E-state index in [9.17, 15) is 4.79 Å². The lowest BCUT2D eigenvalue weighted by Crippen LogP contribution is -2.39. The molecular formula is C18H25ClN4OS. The maximum absolute atomic E-state index is 13.2. The van der Waals surface area contributed by atoms with Crippen molar-refractivity contribution in [2.24, 2.45) is 5.41 Å². The Morgan fingerprint density at radius 1 is 1.48 bits per heavy atom. The molecule has 0 aromatic carbocycles. The molecule has 5 nitrogen and oxygen atoms in total. The minimum Gasteiger partial charge on any atom is -0.331 e. The van der Waals surface area contributed by atoms with Crippen LogP contribution in [0.4, 0.5) is 0 Å². The molecule has 1 aliphatic carbocycles. The summed E-state index contributed by atoms with van der Waals surface area (Å²) >= 11 is 1.69. The number of halogens is 1. The zero-order valence-electron chi connectivity index (χ0n) is 14.5. The molecule has 136 valence electrons. The number of amides is 1. The Bertz CT molecular complexity index is 708. The molecule has 25 heavy (non-hydrogen) atoms. The molecule has 1 atom stereocenters. The molecule has 1 N–H and O–H groups in total. The van der Waals surface area contributed by atoms with Gasteiger partial charge in [0.15, 0.2) is 0 Å². The molecule has 1 saturated carbocycles. The van der Waals surface area contributed by atoms with Crippen molar-refractivity contribution in [3.05, 3.63) is 40.3 Å². The van der Waals surface area contributed by atoms with Crippen LogP contribution in [0.5, 0.6) is 0 Å². The van der Waals surface area contributed by atoms with Crippen molar-refractivity contribution in [1.82, 2.24) is 20.0 Å². The Labute approximate surface area is 158 Å². The highest BCUT2D eigenvalue weighted by molar-refractivity contribution is 7.07. The van der Waals surface area contributed by atoms with E-state index in [4.69, 9.17) is 0 Å². The van der Waals surface area contributed by atoms with E-state index < -0.39 is 0 Å². The summed E-state index contributed by atoms with van der Waals surface area (Å²) in [5.41, 5.74) is 2.28. The van der Waals surface area contributed by atoms with Gasteiger partial charge in [-0.15, -0.1) is 12.4 Å². The second kappa shape index (κ2) is 7.48. The number of carbonyl (C=O) groups excluding carboxylic acids is 1. The first-order valence-electron chi connectivity index (χ1n) is 8.77. The molecule has 2 aromatic rings. The van der Waals surface area contributed by atoms with Crippen LogP contribution < -0.4 is 5.32 Å². The number of hydrogen-bond acceptors (Lipinski definition) is 4. The fourth-order valence-corrected chi connectivity index (χ4v) is 4.60. The Morgan fingerprint density at radius 3 is 2.92 bits per heavy atom. The molecule has 7 heteroatoms. The summed E-state index contributed by atoms with van der Waals surface area (Å²) in [5.74, 6) is 0.126. The molecule has 0 bridgehead atoms. The van der Waals surface area contributed by atoms with E-state index in [-0.39, 0.29) is 18.3 Å². The smallest absolute Gasteiger partial charge is 0.257 e. The fourth-order valence-electron chi connectivity index (χ4n) is 3.94. The topological polar surface area (TPSA) is 50.2 Å². The Balaban J connectivity index is 0.00000182. The van der Waals surface area contributed by atoms with E-state index in [1.165, 1.54) is 18.4 Å². The summed E-state index contributed by atoms with van der Waals surface area (Å²) in [6, 6.07) is 2.50. The van der Waals surface area contributed by atoms with Gasteiger partial charge in [0.2, 0.25) is 0 Å². The second-order valence-electron chi connectivity index (χ2n) is 6.98. The summed E-state index contributed by atoms with van der Waals surface area (Å²) in [6.07, 6.45) is 7.09. The first-order valence-corrected chi connectivity index (χ1v) is 9.71. The number of piperidine rings is 1. The van der Waals surface area contributed by atoms with Crippen molar-refractivity contribution in [3.63, 3.8) is 0 Å². The number of thiophene rings is 1. The molecule has 1 aliphatic heterocycles. The Kier molecular flexibility index (Phi) is 5.51. The van der Waals surface area contributed by atoms with Gasteiger partial charge in [-0.2, -0.15) is 16.4 Å². The lowest BCUT2D eigenvalue weighted by molar-refractivity contribution is 0.0692. The molecular weight excluding hydrogens is 356 g/mol. The molecule has 1 amide bonds. The van der Waals surface area contributed by atoms with Gasteiger partial charge in [-0.25, -0.2) is 0 Å². The zero-order valence-corrected chi connectivity index (χ0v) is 16.1. The van der Waals surface area contributed by atoms with Crippen LogP contribution >= 0.6 is 23.7 Å². The van der Waals surface area contributed by atoms with Gasteiger partial charge in [0.05, 0.1) is 11.8 Å². The van der Waals surface area contributed by atoms with Crippen molar-refractivity contribution in [3.8, 4) is 0 Å². The van der Waals surface area contributed by atoms with Gasteiger partial charge in [-0.3, -0.25) is 9.48 Å². The molecule has 1 saturated heterocycles. The third kappa shape index (κ3) is 3.61. The minimum absolute atomic E-state index is 0. The number of nitrogens with zero attached hydrogens (tertiary/aromatic N) is 3. The van der Waals surface area contributed by atoms with Crippen molar-refractivity contribution < 1.29 is 4.79 Å². The van der Waals surface area contributed by atoms with Gasteiger partial charge >= 0.3 is 0 Å². The summed E-state index contributed by atoms with van der Waals surface area (Å²) in [5, 5.41) is 12.0. The number of nitrogens with one attached hydrogen (secondary N) is 1. The fraction of sp³-hybridized carbons (Fsp3) is 0.556. The van der Waals surface area contributed by atoms with Crippen LogP contribution in [0.2, 0.25) is 0 Å². The first-order chi connectivity index (χ1) is 11.7. The summed E-state index contributed by atoms with van der Waals surface area (Å²) in [6.45, 7) is 5.68. The Morgan fingerprint density at radius 2 is 2.28 bits per heavy atom. The summed E-state index contributed by atoms with van der Waals surface area (Å²) in [7, 11) is 0. The zero-order chi connectivity index (χ0) is 16.6. The predicted octanol–water partition coefficient (Wildman–Crippen LogP) is 3.17. The van der Waals surface area contributed by atoms with Crippen LogP contribution in [0, 0.1) is 5.41 Å². The Hall–Kier alpha value is -1.37. The second-order valence-corrected chi connectivity index (χ2v) is 7.76.